The Kier molecular flexibility index (Phi) is 6.84. The van der Waals surface area contributed by atoms with Crippen LogP contribution in [-0.4, -0.2) is 70.5 Å². The first-order valence-electron chi connectivity index (χ1n) is 12.5. The van der Waals surface area contributed by atoms with Crippen LogP contribution in [0.4, 0.5) is 14.5 Å². The number of carbonyl (C=O) groups is 1. The van der Waals surface area contributed by atoms with Gasteiger partial charge in [-0.25, -0.2) is 23.8 Å². The fourth-order valence-electron chi connectivity index (χ4n) is 4.84. The van der Waals surface area contributed by atoms with Crippen LogP contribution in [0.15, 0.2) is 17.0 Å². The lowest BCUT2D eigenvalue weighted by molar-refractivity contribution is -0.136. The van der Waals surface area contributed by atoms with Crippen molar-refractivity contribution in [2.45, 2.75) is 56.6 Å². The Balaban J connectivity index is 1.64. The first kappa shape index (κ1) is 27.4. The number of benzene rings is 1. The number of carbonyl (C=O) groups excluding carboxylic acids is 1. The third kappa shape index (κ3) is 4.96. The van der Waals surface area contributed by atoms with Gasteiger partial charge in [0, 0.05) is 44.0 Å². The molecule has 0 unspecified atom stereocenters. The minimum atomic E-state index is -4.11. The summed E-state index contributed by atoms with van der Waals surface area (Å²) in [6, 6.07) is 2.85. The van der Waals surface area contributed by atoms with Crippen molar-refractivity contribution >= 4 is 43.9 Å². The third-order valence-corrected chi connectivity index (χ3v) is 9.48. The van der Waals surface area contributed by atoms with Gasteiger partial charge < -0.3 is 9.80 Å². The largest absolute Gasteiger partial charge is 0.366 e. The average molecular weight is 579 g/mol. The van der Waals surface area contributed by atoms with Crippen LogP contribution >= 0.6 is 11.3 Å². The van der Waals surface area contributed by atoms with Crippen molar-refractivity contribution in [1.29, 1.82) is 0 Å². The van der Waals surface area contributed by atoms with Gasteiger partial charge in [0.1, 0.15) is 5.69 Å². The Labute approximate surface area is 228 Å². The van der Waals surface area contributed by atoms with E-state index in [4.69, 9.17) is 6.57 Å². The van der Waals surface area contributed by atoms with E-state index in [9.17, 15) is 22.0 Å². The number of amides is 1. The van der Waals surface area contributed by atoms with Crippen molar-refractivity contribution in [2.24, 2.45) is 13.0 Å². The van der Waals surface area contributed by atoms with Crippen LogP contribution < -0.4 is 9.62 Å². The van der Waals surface area contributed by atoms with Crippen molar-refractivity contribution in [3.05, 3.63) is 28.6 Å². The van der Waals surface area contributed by atoms with Crippen LogP contribution in [0.1, 0.15) is 45.0 Å². The second-order valence-corrected chi connectivity index (χ2v) is 13.0. The predicted molar refractivity (Wildman–Crippen MR) is 142 cm³/mol. The van der Waals surface area contributed by atoms with E-state index >= 15 is 0 Å². The Hall–Kier alpha value is -3.22. The number of piperazine rings is 1. The van der Waals surface area contributed by atoms with Gasteiger partial charge in [0.25, 0.3) is 12.1 Å². The molecule has 1 aliphatic carbocycles. The number of anilines is 1. The van der Waals surface area contributed by atoms with E-state index in [1.807, 2.05) is 30.6 Å². The lowest BCUT2D eigenvalue weighted by atomic mass is 10.1. The summed E-state index contributed by atoms with van der Waals surface area (Å²) in [5, 5.41) is 12.1. The molecule has 1 saturated carbocycles. The molecule has 11 nitrogen and oxygen atoms in total. The molecule has 1 atom stereocenters. The molecule has 15 heteroatoms. The number of nitrogens with zero attached hydrogens (tertiary/aromatic N) is 7. The molecule has 3 heterocycles. The van der Waals surface area contributed by atoms with Gasteiger partial charge in [0.15, 0.2) is 10.0 Å². The molecule has 3 aromatic rings. The molecule has 39 heavy (non-hydrogen) atoms. The maximum atomic E-state index is 13.5. The van der Waals surface area contributed by atoms with Gasteiger partial charge >= 0.3 is 0 Å². The monoisotopic (exact) mass is 578 g/mol. The minimum absolute atomic E-state index is 0.0515. The molecule has 0 bridgehead atoms. The number of nitrogens with one attached hydrogen (secondary N) is 1. The topological polar surface area (TPSA) is 118 Å². The first-order valence-corrected chi connectivity index (χ1v) is 14.8. The highest BCUT2D eigenvalue weighted by Crippen LogP contribution is 2.41. The first-order chi connectivity index (χ1) is 18.4. The van der Waals surface area contributed by atoms with E-state index in [1.165, 1.54) is 6.07 Å². The standard InChI is InChI=1S/C24H28F2N8O3S2/c1-13(2)23(35)34-9-8-33(12-14(34)3)17-11-15(39(36,37)31-24(27-4)6-7-24)10-16-18(30-32(5)19(16)17)21-28-29-22(38-21)20(25)26/h10-11,13-14,20,31H,6-9,12H2,1-3,5H3/t14-/m0/s1. The van der Waals surface area contributed by atoms with Gasteiger partial charge in [-0.15, -0.1) is 14.9 Å². The molecule has 1 amide bonds. The average Bonchev–Trinajstić information content (AvgIpc) is 3.31. The van der Waals surface area contributed by atoms with Crippen molar-refractivity contribution in [2.75, 3.05) is 24.5 Å². The molecule has 208 valence electrons. The summed E-state index contributed by atoms with van der Waals surface area (Å²) in [6.07, 6.45) is -1.95. The van der Waals surface area contributed by atoms with E-state index in [2.05, 4.69) is 24.9 Å². The summed E-state index contributed by atoms with van der Waals surface area (Å²) in [5.74, 6) is -0.0947. The zero-order chi connectivity index (χ0) is 28.3. The van der Waals surface area contributed by atoms with Crippen molar-refractivity contribution in [1.82, 2.24) is 29.6 Å². The Bertz CT molecular complexity index is 1590. The molecule has 1 aromatic carbocycles. The van der Waals surface area contributed by atoms with E-state index in [0.717, 1.165) is 0 Å². The maximum absolute atomic E-state index is 13.5. The number of aromatic nitrogens is 4. The normalized spacial score (nSPS) is 19.2. The van der Waals surface area contributed by atoms with Crippen LogP contribution in [0.5, 0.6) is 0 Å². The molecule has 2 aromatic heterocycles. The number of hydrogen-bond acceptors (Lipinski definition) is 8. The van der Waals surface area contributed by atoms with Crippen LogP contribution in [-0.2, 0) is 21.9 Å². The number of halogens is 2. The minimum Gasteiger partial charge on any atom is -0.366 e. The van der Waals surface area contributed by atoms with Gasteiger partial charge in [-0.1, -0.05) is 25.2 Å². The number of alkyl halides is 2. The van der Waals surface area contributed by atoms with Crippen molar-refractivity contribution in [3.63, 3.8) is 0 Å². The van der Waals surface area contributed by atoms with Gasteiger partial charge in [-0.2, -0.15) is 5.10 Å². The third-order valence-electron chi connectivity index (χ3n) is 7.04. The van der Waals surface area contributed by atoms with Gasteiger partial charge in [-0.05, 0) is 19.1 Å². The second kappa shape index (κ2) is 9.76. The zero-order valence-electron chi connectivity index (χ0n) is 21.8. The summed E-state index contributed by atoms with van der Waals surface area (Å²) in [6.45, 7) is 14.4. The van der Waals surface area contributed by atoms with E-state index in [-0.39, 0.29) is 33.5 Å². The SMILES string of the molecule is [C-]#[N+]C1(NS(=O)(=O)c2cc(N3CCN(C(=O)C(C)C)[C@@H](C)C3)c3c(c2)c(-c2nnc(C(F)F)s2)nn3C)CC1. The lowest BCUT2D eigenvalue weighted by Gasteiger charge is -2.42. The molecule has 5 rings (SSSR count). The highest BCUT2D eigenvalue weighted by molar-refractivity contribution is 7.89. The van der Waals surface area contributed by atoms with E-state index in [0.29, 0.717) is 60.4 Å². The van der Waals surface area contributed by atoms with Crippen LogP contribution in [0.25, 0.3) is 26.4 Å². The smallest absolute Gasteiger partial charge is 0.299 e. The van der Waals surface area contributed by atoms with E-state index in [1.54, 1.807) is 17.8 Å². The summed E-state index contributed by atoms with van der Waals surface area (Å²) in [5.41, 5.74) is 0.265. The summed E-state index contributed by atoms with van der Waals surface area (Å²) in [4.78, 5) is 19.9. The van der Waals surface area contributed by atoms with Crippen LogP contribution in [0.2, 0.25) is 0 Å². The van der Waals surface area contributed by atoms with Crippen LogP contribution in [0.3, 0.4) is 0 Å². The molecule has 1 saturated heterocycles. The molecular formula is C24H28F2N8O3S2. The van der Waals surface area contributed by atoms with Crippen molar-refractivity contribution in [3.8, 4) is 10.7 Å². The predicted octanol–water partition coefficient (Wildman–Crippen LogP) is 3.41. The Morgan fingerprint density at radius 2 is 1.97 bits per heavy atom. The molecule has 0 spiro atoms. The molecule has 1 aliphatic heterocycles. The highest BCUT2D eigenvalue weighted by atomic mass is 32.2. The number of rotatable bonds is 7. The van der Waals surface area contributed by atoms with Crippen molar-refractivity contribution < 1.29 is 22.0 Å². The maximum Gasteiger partial charge on any atom is 0.299 e. The molecule has 1 N–H and O–H groups in total. The fourth-order valence-corrected chi connectivity index (χ4v) is 6.95. The van der Waals surface area contributed by atoms with Crippen LogP contribution in [0, 0.1) is 12.5 Å². The van der Waals surface area contributed by atoms with Gasteiger partial charge in [0.2, 0.25) is 15.9 Å². The van der Waals surface area contributed by atoms with E-state index < -0.39 is 27.1 Å². The summed E-state index contributed by atoms with van der Waals surface area (Å²) < 4.78 is 57.6. The fraction of sp³-hybridized carbons (Fsp3) is 0.542. The highest BCUT2D eigenvalue weighted by Gasteiger charge is 2.54. The molecule has 0 radical (unpaired) electrons. The quantitative estimate of drug-likeness (QED) is 0.427. The summed E-state index contributed by atoms with van der Waals surface area (Å²) >= 11 is 0.697. The van der Waals surface area contributed by atoms with Gasteiger partial charge in [-0.3, -0.25) is 14.3 Å². The molecule has 2 aliphatic rings. The number of aryl methyl sites for hydroxylation is 1. The number of fused-ring (bicyclic) bond motifs is 1. The number of hydrogen-bond donors (Lipinski definition) is 1. The number of sulfonamides is 1. The molecule has 2 fully saturated rings. The second-order valence-electron chi connectivity index (χ2n) is 10.3. The zero-order valence-corrected chi connectivity index (χ0v) is 23.5. The lowest BCUT2D eigenvalue weighted by Crippen LogP contribution is -2.55. The Morgan fingerprint density at radius 1 is 1.26 bits per heavy atom. The van der Waals surface area contributed by atoms with Gasteiger partial charge in [0.05, 0.1) is 28.9 Å². The Morgan fingerprint density at radius 3 is 2.54 bits per heavy atom. The summed E-state index contributed by atoms with van der Waals surface area (Å²) in [7, 11) is -2.42. The molecular weight excluding hydrogens is 550 g/mol.